The Hall–Kier alpha value is -2.70. The van der Waals surface area contributed by atoms with Crippen LogP contribution in [-0.2, 0) is 4.79 Å². The Kier molecular flexibility index (Phi) is 5.39. The summed E-state index contributed by atoms with van der Waals surface area (Å²) in [5.74, 6) is -1.03. The molecule has 0 aliphatic carbocycles. The third-order valence-corrected chi connectivity index (χ3v) is 5.45. The molecule has 0 saturated carbocycles. The molecule has 0 saturated heterocycles. The van der Waals surface area contributed by atoms with Crippen molar-refractivity contribution in [1.29, 1.82) is 0 Å². The third-order valence-electron chi connectivity index (χ3n) is 4.73. The molecule has 146 valence electrons. The molecule has 0 fully saturated rings. The average Bonchev–Trinajstić information content (AvgIpc) is 2.84. The number of benzene rings is 3. The van der Waals surface area contributed by atoms with Gasteiger partial charge >= 0.3 is 0 Å². The van der Waals surface area contributed by atoms with Crippen LogP contribution in [0.15, 0.2) is 71.2 Å². The van der Waals surface area contributed by atoms with Gasteiger partial charge in [-0.25, -0.2) is 4.39 Å². The second-order valence-electron chi connectivity index (χ2n) is 6.68. The predicted molar refractivity (Wildman–Crippen MR) is 114 cm³/mol. The molecule has 2 amide bonds. The highest BCUT2D eigenvalue weighted by atomic mass is 79.9. The first kappa shape index (κ1) is 19.6. The van der Waals surface area contributed by atoms with Crippen molar-refractivity contribution in [2.75, 3.05) is 11.9 Å². The molecule has 1 unspecified atom stereocenters. The summed E-state index contributed by atoms with van der Waals surface area (Å²) >= 11 is 9.52. The van der Waals surface area contributed by atoms with Crippen LogP contribution in [0, 0.1) is 5.82 Å². The SMILES string of the molecule is O=C1CN(C(=O)c2cccc(Cl)c2)C(c2ccc(F)cc2)c2cc(Br)ccc2N1. The quantitative estimate of drug-likeness (QED) is 0.540. The van der Waals surface area contributed by atoms with E-state index < -0.39 is 6.04 Å². The van der Waals surface area contributed by atoms with Gasteiger partial charge in [-0.15, -0.1) is 0 Å². The lowest BCUT2D eigenvalue weighted by atomic mass is 9.95. The van der Waals surface area contributed by atoms with Crippen LogP contribution in [0.25, 0.3) is 0 Å². The maximum Gasteiger partial charge on any atom is 0.255 e. The van der Waals surface area contributed by atoms with Gasteiger partial charge in [0.05, 0.1) is 6.04 Å². The summed E-state index contributed by atoms with van der Waals surface area (Å²) in [6.07, 6.45) is 0. The van der Waals surface area contributed by atoms with E-state index >= 15 is 0 Å². The van der Waals surface area contributed by atoms with Crippen molar-refractivity contribution in [2.24, 2.45) is 0 Å². The van der Waals surface area contributed by atoms with E-state index in [0.717, 1.165) is 10.0 Å². The molecule has 0 aromatic heterocycles. The molecule has 4 nitrogen and oxygen atoms in total. The lowest BCUT2D eigenvalue weighted by Gasteiger charge is -2.31. The van der Waals surface area contributed by atoms with Crippen molar-refractivity contribution in [3.05, 3.63) is 98.7 Å². The van der Waals surface area contributed by atoms with Crippen LogP contribution in [-0.4, -0.2) is 23.3 Å². The number of anilines is 1. The maximum atomic E-state index is 13.6. The van der Waals surface area contributed by atoms with Crippen molar-refractivity contribution in [3.8, 4) is 0 Å². The van der Waals surface area contributed by atoms with Gasteiger partial charge in [0.1, 0.15) is 12.4 Å². The number of halogens is 3. The van der Waals surface area contributed by atoms with Crippen LogP contribution >= 0.6 is 27.5 Å². The molecule has 3 aromatic rings. The summed E-state index contributed by atoms with van der Waals surface area (Å²) in [7, 11) is 0. The smallest absolute Gasteiger partial charge is 0.255 e. The van der Waals surface area contributed by atoms with E-state index in [4.69, 9.17) is 11.6 Å². The van der Waals surface area contributed by atoms with Gasteiger partial charge < -0.3 is 10.2 Å². The van der Waals surface area contributed by atoms with E-state index in [1.807, 2.05) is 12.1 Å². The molecule has 1 aliphatic heterocycles. The molecule has 1 N–H and O–H groups in total. The number of hydrogen-bond acceptors (Lipinski definition) is 2. The molecule has 0 radical (unpaired) electrons. The van der Waals surface area contributed by atoms with Gasteiger partial charge in [0.15, 0.2) is 0 Å². The van der Waals surface area contributed by atoms with Crippen molar-refractivity contribution in [2.45, 2.75) is 6.04 Å². The minimum Gasteiger partial charge on any atom is -0.324 e. The van der Waals surface area contributed by atoms with Gasteiger partial charge in [-0.1, -0.05) is 45.7 Å². The molecule has 7 heteroatoms. The molecule has 4 rings (SSSR count). The molecular weight excluding hydrogens is 459 g/mol. The number of carbonyl (C=O) groups excluding carboxylic acids is 2. The first-order valence-corrected chi connectivity index (χ1v) is 10.0. The van der Waals surface area contributed by atoms with E-state index in [1.165, 1.54) is 17.0 Å². The number of amides is 2. The topological polar surface area (TPSA) is 49.4 Å². The number of carbonyl (C=O) groups is 2. The highest BCUT2D eigenvalue weighted by Crippen LogP contribution is 2.38. The van der Waals surface area contributed by atoms with Crippen LogP contribution in [0.3, 0.4) is 0 Å². The number of nitrogens with one attached hydrogen (secondary N) is 1. The summed E-state index contributed by atoms with van der Waals surface area (Å²) in [5.41, 5.74) is 2.40. The standard InChI is InChI=1S/C22H15BrClFN2O2/c23-15-6-9-19-18(11-15)21(13-4-7-17(25)8-5-13)27(12-20(28)26-19)22(29)14-2-1-3-16(24)10-14/h1-11,21H,12H2,(H,26,28). The van der Waals surface area contributed by atoms with Crippen LogP contribution in [0.1, 0.15) is 27.5 Å². The Morgan fingerprint density at radius 3 is 2.59 bits per heavy atom. The third kappa shape index (κ3) is 4.04. The van der Waals surface area contributed by atoms with Gasteiger partial charge in [0, 0.05) is 26.3 Å². The Morgan fingerprint density at radius 1 is 1.10 bits per heavy atom. The van der Waals surface area contributed by atoms with Crippen molar-refractivity contribution >= 4 is 45.0 Å². The van der Waals surface area contributed by atoms with E-state index in [0.29, 0.717) is 21.8 Å². The monoisotopic (exact) mass is 472 g/mol. The van der Waals surface area contributed by atoms with Gasteiger partial charge in [0.2, 0.25) is 5.91 Å². The fourth-order valence-corrected chi connectivity index (χ4v) is 4.03. The van der Waals surface area contributed by atoms with Crippen LogP contribution < -0.4 is 5.32 Å². The van der Waals surface area contributed by atoms with Gasteiger partial charge in [-0.3, -0.25) is 9.59 Å². The fourth-order valence-electron chi connectivity index (χ4n) is 3.46. The number of rotatable bonds is 2. The normalized spacial score (nSPS) is 16.0. The number of hydrogen-bond donors (Lipinski definition) is 1. The summed E-state index contributed by atoms with van der Waals surface area (Å²) in [5, 5.41) is 3.28. The molecule has 1 heterocycles. The summed E-state index contributed by atoms with van der Waals surface area (Å²) in [6.45, 7) is -0.153. The van der Waals surface area contributed by atoms with Crippen LogP contribution in [0.5, 0.6) is 0 Å². The minimum atomic E-state index is -0.589. The molecule has 1 atom stereocenters. The van der Waals surface area contributed by atoms with Gasteiger partial charge in [0.25, 0.3) is 5.91 Å². The first-order chi connectivity index (χ1) is 13.9. The highest BCUT2D eigenvalue weighted by molar-refractivity contribution is 9.10. The second-order valence-corrected chi connectivity index (χ2v) is 8.03. The zero-order chi connectivity index (χ0) is 20.5. The van der Waals surface area contributed by atoms with Crippen LogP contribution in [0.4, 0.5) is 10.1 Å². The van der Waals surface area contributed by atoms with Crippen molar-refractivity contribution in [3.63, 3.8) is 0 Å². The molecule has 1 aliphatic rings. The molecule has 0 bridgehead atoms. The molecule has 29 heavy (non-hydrogen) atoms. The second kappa shape index (κ2) is 7.97. The maximum absolute atomic E-state index is 13.6. The van der Waals surface area contributed by atoms with Crippen molar-refractivity contribution in [1.82, 2.24) is 4.90 Å². The summed E-state index contributed by atoms with van der Waals surface area (Å²) in [6, 6.07) is 17.4. The molecular formula is C22H15BrClFN2O2. The number of nitrogens with zero attached hydrogens (tertiary/aromatic N) is 1. The largest absolute Gasteiger partial charge is 0.324 e. The molecule has 0 spiro atoms. The lowest BCUT2D eigenvalue weighted by molar-refractivity contribution is -0.117. The zero-order valence-corrected chi connectivity index (χ0v) is 17.4. The Bertz CT molecular complexity index is 1100. The van der Waals surface area contributed by atoms with E-state index in [9.17, 15) is 14.0 Å². The van der Waals surface area contributed by atoms with Crippen molar-refractivity contribution < 1.29 is 14.0 Å². The van der Waals surface area contributed by atoms with Crippen LogP contribution in [0.2, 0.25) is 5.02 Å². The van der Waals surface area contributed by atoms with Gasteiger partial charge in [-0.2, -0.15) is 0 Å². The Balaban J connectivity index is 1.90. The molecule has 3 aromatic carbocycles. The van der Waals surface area contributed by atoms with E-state index in [1.54, 1.807) is 42.5 Å². The Morgan fingerprint density at radius 2 is 1.86 bits per heavy atom. The lowest BCUT2D eigenvalue weighted by Crippen LogP contribution is -2.39. The summed E-state index contributed by atoms with van der Waals surface area (Å²) in [4.78, 5) is 27.4. The van der Waals surface area contributed by atoms with E-state index in [2.05, 4.69) is 21.2 Å². The van der Waals surface area contributed by atoms with E-state index in [-0.39, 0.29) is 24.2 Å². The zero-order valence-electron chi connectivity index (χ0n) is 15.0. The Labute approximate surface area is 180 Å². The average molecular weight is 474 g/mol. The first-order valence-electron chi connectivity index (χ1n) is 8.83. The highest BCUT2D eigenvalue weighted by Gasteiger charge is 2.34. The summed E-state index contributed by atoms with van der Waals surface area (Å²) < 4.78 is 14.4. The fraction of sp³-hybridized carbons (Fsp3) is 0.0909. The predicted octanol–water partition coefficient (Wildman–Crippen LogP) is 5.43. The number of fused-ring (bicyclic) bond motifs is 1. The van der Waals surface area contributed by atoms with Gasteiger partial charge in [-0.05, 0) is 54.1 Å². The minimum absolute atomic E-state index is 0.153.